The molecule has 96 valence electrons. The quantitative estimate of drug-likeness (QED) is 0.608. The average Bonchev–Trinajstić information content (AvgIpc) is 3.01. The Balaban J connectivity index is 1.95. The number of nitrogens with one attached hydrogen (secondary N) is 1. The van der Waals surface area contributed by atoms with E-state index in [9.17, 15) is 0 Å². The van der Waals surface area contributed by atoms with Crippen molar-refractivity contribution in [1.82, 2.24) is 10.2 Å². The third-order valence-corrected chi connectivity index (χ3v) is 3.93. The Morgan fingerprint density at radius 2 is 2.06 bits per heavy atom. The summed E-state index contributed by atoms with van der Waals surface area (Å²) in [5, 5.41) is 3.64. The van der Waals surface area contributed by atoms with Gasteiger partial charge in [-0.3, -0.25) is 0 Å². The zero-order valence-corrected chi connectivity index (χ0v) is 11.4. The summed E-state index contributed by atoms with van der Waals surface area (Å²) < 4.78 is 5.05. The molecule has 0 aromatic heterocycles. The van der Waals surface area contributed by atoms with Crippen LogP contribution in [-0.4, -0.2) is 51.3 Å². The third kappa shape index (κ3) is 4.81. The van der Waals surface area contributed by atoms with Gasteiger partial charge >= 0.3 is 0 Å². The van der Waals surface area contributed by atoms with Gasteiger partial charge in [0.2, 0.25) is 0 Å². The summed E-state index contributed by atoms with van der Waals surface area (Å²) in [6.07, 6.45) is 4.02. The van der Waals surface area contributed by atoms with Gasteiger partial charge in [-0.25, -0.2) is 0 Å². The lowest BCUT2D eigenvalue weighted by Gasteiger charge is -2.21. The molecule has 0 spiro atoms. The predicted octanol–water partition coefficient (Wildman–Crippen LogP) is 1.73. The maximum Gasteiger partial charge on any atom is 0.0589 e. The van der Waals surface area contributed by atoms with E-state index in [-0.39, 0.29) is 0 Å². The molecular formula is C13H28N2O. The molecule has 0 aromatic rings. The zero-order chi connectivity index (χ0) is 12.0. The molecular weight excluding hydrogens is 200 g/mol. The molecule has 0 bridgehead atoms. The van der Waals surface area contributed by atoms with Crippen LogP contribution in [0.1, 0.15) is 33.1 Å². The minimum atomic E-state index is 0.599. The summed E-state index contributed by atoms with van der Waals surface area (Å²) >= 11 is 0. The number of rotatable bonds is 9. The number of hydrogen-bond donors (Lipinski definition) is 1. The van der Waals surface area contributed by atoms with Crippen molar-refractivity contribution in [2.45, 2.75) is 39.2 Å². The van der Waals surface area contributed by atoms with E-state index in [0.717, 1.165) is 26.2 Å². The first-order chi connectivity index (χ1) is 7.58. The summed E-state index contributed by atoms with van der Waals surface area (Å²) in [6.45, 7) is 8.85. The fourth-order valence-corrected chi connectivity index (χ4v) is 1.90. The molecule has 1 rings (SSSR count). The van der Waals surface area contributed by atoms with Crippen molar-refractivity contribution in [2.75, 3.05) is 40.4 Å². The highest BCUT2D eigenvalue weighted by Crippen LogP contribution is 2.47. The van der Waals surface area contributed by atoms with Gasteiger partial charge in [-0.05, 0) is 51.7 Å². The van der Waals surface area contributed by atoms with Crippen LogP contribution in [0.5, 0.6) is 0 Å². The van der Waals surface area contributed by atoms with E-state index in [1.165, 1.54) is 19.3 Å². The summed E-state index contributed by atoms with van der Waals surface area (Å²) in [7, 11) is 3.91. The Bertz CT molecular complexity index is 192. The van der Waals surface area contributed by atoms with Crippen LogP contribution in [0, 0.1) is 5.41 Å². The highest BCUT2D eigenvalue weighted by Gasteiger charge is 2.41. The van der Waals surface area contributed by atoms with Gasteiger partial charge < -0.3 is 15.0 Å². The van der Waals surface area contributed by atoms with E-state index >= 15 is 0 Å². The van der Waals surface area contributed by atoms with Crippen LogP contribution in [0.2, 0.25) is 0 Å². The topological polar surface area (TPSA) is 24.5 Å². The zero-order valence-electron chi connectivity index (χ0n) is 11.4. The molecule has 1 fully saturated rings. The van der Waals surface area contributed by atoms with E-state index in [4.69, 9.17) is 4.74 Å². The summed E-state index contributed by atoms with van der Waals surface area (Å²) in [5.74, 6) is 0. The maximum absolute atomic E-state index is 5.05. The first kappa shape index (κ1) is 13.9. The van der Waals surface area contributed by atoms with E-state index in [1.54, 1.807) is 7.11 Å². The van der Waals surface area contributed by atoms with E-state index in [0.29, 0.717) is 11.5 Å². The molecule has 0 saturated heterocycles. The van der Waals surface area contributed by atoms with Crippen molar-refractivity contribution in [3.8, 4) is 0 Å². The molecule has 0 heterocycles. The van der Waals surface area contributed by atoms with Gasteiger partial charge in [-0.2, -0.15) is 0 Å². The van der Waals surface area contributed by atoms with Crippen LogP contribution in [0.25, 0.3) is 0 Å². The molecule has 1 aliphatic carbocycles. The molecule has 1 N–H and O–H groups in total. The predicted molar refractivity (Wildman–Crippen MR) is 68.8 cm³/mol. The maximum atomic E-state index is 5.05. The SMILES string of the molecule is COCCN(C)CCCNC(C)C1(C)CC1. The number of methoxy groups -OCH3 is 1. The molecule has 1 saturated carbocycles. The second-order valence-corrected chi connectivity index (χ2v) is 5.48. The highest BCUT2D eigenvalue weighted by molar-refractivity contribution is 4.96. The molecule has 0 aromatic carbocycles. The third-order valence-electron chi connectivity index (χ3n) is 3.93. The van der Waals surface area contributed by atoms with Crippen molar-refractivity contribution in [3.63, 3.8) is 0 Å². The smallest absolute Gasteiger partial charge is 0.0589 e. The first-order valence-electron chi connectivity index (χ1n) is 6.49. The van der Waals surface area contributed by atoms with Crippen molar-refractivity contribution < 1.29 is 4.74 Å². The molecule has 1 aliphatic rings. The lowest BCUT2D eigenvalue weighted by molar-refractivity contribution is 0.160. The lowest BCUT2D eigenvalue weighted by atomic mass is 10.0. The van der Waals surface area contributed by atoms with Gasteiger partial charge in [0.15, 0.2) is 0 Å². The summed E-state index contributed by atoms with van der Waals surface area (Å²) in [6, 6.07) is 0.678. The lowest BCUT2D eigenvalue weighted by Crippen LogP contribution is -2.35. The molecule has 3 nitrogen and oxygen atoms in total. The minimum absolute atomic E-state index is 0.599. The van der Waals surface area contributed by atoms with Crippen LogP contribution in [0.3, 0.4) is 0 Å². The fourth-order valence-electron chi connectivity index (χ4n) is 1.90. The second-order valence-electron chi connectivity index (χ2n) is 5.48. The molecule has 1 unspecified atom stereocenters. The number of nitrogens with zero attached hydrogens (tertiary/aromatic N) is 1. The molecule has 16 heavy (non-hydrogen) atoms. The van der Waals surface area contributed by atoms with Crippen LogP contribution in [-0.2, 0) is 4.74 Å². The molecule has 3 heteroatoms. The molecule has 0 amide bonds. The van der Waals surface area contributed by atoms with Gasteiger partial charge in [0.25, 0.3) is 0 Å². The van der Waals surface area contributed by atoms with Gasteiger partial charge in [0.05, 0.1) is 6.61 Å². The standard InChI is InChI=1S/C13H28N2O/c1-12(13(2)6-7-13)14-8-5-9-15(3)10-11-16-4/h12,14H,5-11H2,1-4H3. The summed E-state index contributed by atoms with van der Waals surface area (Å²) in [5.41, 5.74) is 0.599. The average molecular weight is 228 g/mol. The van der Waals surface area contributed by atoms with E-state index < -0.39 is 0 Å². The monoisotopic (exact) mass is 228 g/mol. The van der Waals surface area contributed by atoms with Crippen LogP contribution in [0.15, 0.2) is 0 Å². The van der Waals surface area contributed by atoms with Crippen LogP contribution < -0.4 is 5.32 Å². The van der Waals surface area contributed by atoms with Crippen molar-refractivity contribution in [3.05, 3.63) is 0 Å². The van der Waals surface area contributed by atoms with Crippen molar-refractivity contribution in [2.24, 2.45) is 5.41 Å². The largest absolute Gasteiger partial charge is 0.383 e. The van der Waals surface area contributed by atoms with Gasteiger partial charge in [-0.15, -0.1) is 0 Å². The van der Waals surface area contributed by atoms with Gasteiger partial charge in [0.1, 0.15) is 0 Å². The van der Waals surface area contributed by atoms with E-state index in [2.05, 4.69) is 31.1 Å². The van der Waals surface area contributed by atoms with Crippen molar-refractivity contribution >= 4 is 0 Å². The van der Waals surface area contributed by atoms with Crippen LogP contribution >= 0.6 is 0 Å². The Morgan fingerprint density at radius 3 is 2.62 bits per heavy atom. The number of likely N-dealkylation sites (N-methyl/N-ethyl adjacent to an activating group) is 1. The Kier molecular flexibility index (Phi) is 5.73. The minimum Gasteiger partial charge on any atom is -0.383 e. The Hall–Kier alpha value is -0.120. The van der Waals surface area contributed by atoms with Gasteiger partial charge in [0, 0.05) is 19.7 Å². The normalized spacial score (nSPS) is 20.1. The first-order valence-corrected chi connectivity index (χ1v) is 6.49. The second kappa shape index (κ2) is 6.58. The number of ether oxygens (including phenoxy) is 1. The highest BCUT2D eigenvalue weighted by atomic mass is 16.5. The molecule has 1 atom stereocenters. The fraction of sp³-hybridized carbons (Fsp3) is 1.00. The molecule has 0 aliphatic heterocycles. The molecule has 0 radical (unpaired) electrons. The number of hydrogen-bond acceptors (Lipinski definition) is 3. The van der Waals surface area contributed by atoms with Crippen molar-refractivity contribution in [1.29, 1.82) is 0 Å². The Morgan fingerprint density at radius 1 is 1.38 bits per heavy atom. The van der Waals surface area contributed by atoms with Crippen LogP contribution in [0.4, 0.5) is 0 Å². The summed E-state index contributed by atoms with van der Waals surface area (Å²) in [4.78, 5) is 2.33. The van der Waals surface area contributed by atoms with Gasteiger partial charge in [-0.1, -0.05) is 6.92 Å². The van der Waals surface area contributed by atoms with E-state index in [1.807, 2.05) is 0 Å². The Labute approximate surface area is 101 Å².